The number of nitrogens with zero attached hydrogens (tertiary/aromatic N) is 2. The van der Waals surface area contributed by atoms with Crippen LogP contribution in [-0.4, -0.2) is 22.2 Å². The minimum Gasteiger partial charge on any atom is -0.399 e. The van der Waals surface area contributed by atoms with E-state index in [1.807, 2.05) is 37.3 Å². The maximum Gasteiger partial charge on any atom is 0.280 e. The summed E-state index contributed by atoms with van der Waals surface area (Å²) in [7, 11) is 0. The van der Waals surface area contributed by atoms with Crippen molar-refractivity contribution in [3.8, 4) is 0 Å². The number of nitrogens with one attached hydrogen (secondary N) is 1. The largest absolute Gasteiger partial charge is 0.399 e. The van der Waals surface area contributed by atoms with Gasteiger partial charge in [0.05, 0.1) is 16.0 Å². The summed E-state index contributed by atoms with van der Waals surface area (Å²) < 4.78 is 0. The van der Waals surface area contributed by atoms with Crippen LogP contribution >= 0.6 is 11.3 Å². The SMILES string of the molecule is CCNc1ncc(C(=O)c2ccccc2[N+](=O)[O-])s1.Nc1ccccc1. The normalized spacial score (nSPS) is 9.73. The Balaban J connectivity index is 0.000000290. The number of benzene rings is 2. The number of nitrogens with two attached hydrogens (primary N) is 1. The van der Waals surface area contributed by atoms with Crippen LogP contribution in [0.3, 0.4) is 0 Å². The highest BCUT2D eigenvalue weighted by molar-refractivity contribution is 7.17. The molecule has 3 aromatic rings. The molecule has 1 aromatic heterocycles. The molecule has 3 N–H and O–H groups in total. The molecule has 7 nitrogen and oxygen atoms in total. The molecule has 8 heteroatoms. The Bertz CT molecular complexity index is 881. The average Bonchev–Trinajstić information content (AvgIpc) is 3.11. The molecule has 0 fully saturated rings. The number of aromatic nitrogens is 1. The fourth-order valence-electron chi connectivity index (χ4n) is 2.02. The van der Waals surface area contributed by atoms with E-state index < -0.39 is 4.92 Å². The van der Waals surface area contributed by atoms with E-state index in [2.05, 4.69) is 10.3 Å². The van der Waals surface area contributed by atoms with Gasteiger partial charge < -0.3 is 11.1 Å². The van der Waals surface area contributed by atoms with Crippen LogP contribution in [0.2, 0.25) is 0 Å². The van der Waals surface area contributed by atoms with Crippen molar-refractivity contribution < 1.29 is 9.72 Å². The molecule has 0 radical (unpaired) electrons. The molecule has 0 aliphatic rings. The van der Waals surface area contributed by atoms with Crippen LogP contribution in [-0.2, 0) is 0 Å². The first-order valence-electron chi connectivity index (χ1n) is 7.81. The summed E-state index contributed by atoms with van der Waals surface area (Å²) in [5, 5.41) is 14.5. The van der Waals surface area contributed by atoms with Crippen LogP contribution < -0.4 is 11.1 Å². The number of para-hydroxylation sites is 2. The van der Waals surface area contributed by atoms with E-state index >= 15 is 0 Å². The molecule has 0 aliphatic heterocycles. The standard InChI is InChI=1S/C12H11N3O3S.C6H7N/c1-2-13-12-14-7-10(19-12)11(16)8-5-3-4-6-9(8)15(17)18;7-6-4-2-1-3-5-6/h3-7H,2H2,1H3,(H,13,14);1-5H,7H2. The zero-order chi connectivity index (χ0) is 18.9. The lowest BCUT2D eigenvalue weighted by Gasteiger charge is -1.99. The number of carbonyl (C=O) groups is 1. The second kappa shape index (κ2) is 9.28. The van der Waals surface area contributed by atoms with Gasteiger partial charge in [0, 0.05) is 18.3 Å². The third kappa shape index (κ3) is 5.12. The Morgan fingerprint density at radius 3 is 2.42 bits per heavy atom. The van der Waals surface area contributed by atoms with Crippen LogP contribution in [0.4, 0.5) is 16.5 Å². The zero-order valence-corrected chi connectivity index (χ0v) is 14.9. The third-order valence-electron chi connectivity index (χ3n) is 3.20. The fraction of sp³-hybridized carbons (Fsp3) is 0.111. The Kier molecular flexibility index (Phi) is 6.81. The van der Waals surface area contributed by atoms with Crippen molar-refractivity contribution in [1.82, 2.24) is 4.98 Å². The smallest absolute Gasteiger partial charge is 0.280 e. The summed E-state index contributed by atoms with van der Waals surface area (Å²) >= 11 is 1.19. The molecule has 0 spiro atoms. The number of anilines is 2. The summed E-state index contributed by atoms with van der Waals surface area (Å²) in [4.78, 5) is 27.0. The van der Waals surface area contributed by atoms with E-state index in [0.717, 1.165) is 5.69 Å². The van der Waals surface area contributed by atoms with Gasteiger partial charge in [0.15, 0.2) is 5.13 Å². The molecule has 0 bridgehead atoms. The van der Waals surface area contributed by atoms with Gasteiger partial charge in [-0.15, -0.1) is 0 Å². The number of nitrogen functional groups attached to an aromatic ring is 1. The van der Waals surface area contributed by atoms with Gasteiger partial charge in [-0.1, -0.05) is 41.7 Å². The summed E-state index contributed by atoms with van der Waals surface area (Å²) in [5.41, 5.74) is 6.07. The highest BCUT2D eigenvalue weighted by Gasteiger charge is 2.22. The number of ketones is 1. The number of nitro groups is 1. The van der Waals surface area contributed by atoms with E-state index in [4.69, 9.17) is 5.73 Å². The van der Waals surface area contributed by atoms with E-state index in [1.165, 1.54) is 35.7 Å². The lowest BCUT2D eigenvalue weighted by molar-refractivity contribution is -0.385. The van der Waals surface area contributed by atoms with Gasteiger partial charge in [-0.2, -0.15) is 0 Å². The van der Waals surface area contributed by atoms with Crippen molar-refractivity contribution >= 4 is 33.6 Å². The minimum atomic E-state index is -0.556. The van der Waals surface area contributed by atoms with Crippen molar-refractivity contribution in [2.45, 2.75) is 6.92 Å². The molecule has 0 amide bonds. The number of carbonyl (C=O) groups excluding carboxylic acids is 1. The predicted octanol–water partition coefficient (Wildman–Crippen LogP) is 3.98. The van der Waals surface area contributed by atoms with Crippen LogP contribution in [0.25, 0.3) is 0 Å². The molecule has 134 valence electrons. The molecule has 26 heavy (non-hydrogen) atoms. The van der Waals surface area contributed by atoms with Crippen LogP contribution in [0, 0.1) is 10.1 Å². The molecular weight excluding hydrogens is 352 g/mol. The van der Waals surface area contributed by atoms with Crippen molar-refractivity contribution in [2.24, 2.45) is 0 Å². The molecule has 0 saturated carbocycles. The number of thiazole rings is 1. The number of hydrogen-bond acceptors (Lipinski definition) is 7. The number of nitro benzene ring substituents is 1. The Morgan fingerprint density at radius 2 is 1.85 bits per heavy atom. The van der Waals surface area contributed by atoms with E-state index in [0.29, 0.717) is 16.6 Å². The van der Waals surface area contributed by atoms with Crippen LogP contribution in [0.5, 0.6) is 0 Å². The van der Waals surface area contributed by atoms with Gasteiger partial charge in [-0.25, -0.2) is 4.98 Å². The molecular formula is C18H18N4O3S. The fourth-order valence-corrected chi connectivity index (χ4v) is 2.86. The molecule has 1 heterocycles. The molecule has 0 unspecified atom stereocenters. The van der Waals surface area contributed by atoms with Gasteiger partial charge in [0.1, 0.15) is 5.56 Å². The van der Waals surface area contributed by atoms with E-state index in [1.54, 1.807) is 6.07 Å². The molecule has 0 saturated heterocycles. The lowest BCUT2D eigenvalue weighted by atomic mass is 10.1. The maximum absolute atomic E-state index is 12.2. The average molecular weight is 370 g/mol. The van der Waals surface area contributed by atoms with Crippen LogP contribution in [0.15, 0.2) is 60.8 Å². The topological polar surface area (TPSA) is 111 Å². The molecule has 0 atom stereocenters. The lowest BCUT2D eigenvalue weighted by Crippen LogP contribution is -2.03. The summed E-state index contributed by atoms with van der Waals surface area (Å²) in [5.74, 6) is -0.381. The van der Waals surface area contributed by atoms with Crippen molar-refractivity contribution in [1.29, 1.82) is 0 Å². The summed E-state index contributed by atoms with van der Waals surface area (Å²) in [6, 6.07) is 15.4. The van der Waals surface area contributed by atoms with Gasteiger partial charge >= 0.3 is 0 Å². The first-order valence-corrected chi connectivity index (χ1v) is 8.63. The van der Waals surface area contributed by atoms with Crippen molar-refractivity contribution in [2.75, 3.05) is 17.6 Å². The minimum absolute atomic E-state index is 0.0826. The molecule has 0 aliphatic carbocycles. The quantitative estimate of drug-likeness (QED) is 0.304. The Hall–Kier alpha value is -3.26. The monoisotopic (exact) mass is 370 g/mol. The number of hydrogen-bond donors (Lipinski definition) is 2. The highest BCUT2D eigenvalue weighted by atomic mass is 32.1. The van der Waals surface area contributed by atoms with E-state index in [-0.39, 0.29) is 17.0 Å². The molecule has 2 aromatic carbocycles. The summed E-state index contributed by atoms with van der Waals surface area (Å²) in [6.45, 7) is 2.62. The van der Waals surface area contributed by atoms with Crippen LogP contribution in [0.1, 0.15) is 22.2 Å². The first kappa shape index (κ1) is 19.1. The van der Waals surface area contributed by atoms with Gasteiger partial charge in [-0.05, 0) is 25.1 Å². The Labute approximate surface area is 154 Å². The van der Waals surface area contributed by atoms with Gasteiger partial charge in [0.2, 0.25) is 5.78 Å². The van der Waals surface area contributed by atoms with Gasteiger partial charge in [0.25, 0.3) is 5.69 Å². The number of rotatable bonds is 5. The summed E-state index contributed by atoms with van der Waals surface area (Å²) in [6.07, 6.45) is 1.43. The van der Waals surface area contributed by atoms with Gasteiger partial charge in [-0.3, -0.25) is 14.9 Å². The van der Waals surface area contributed by atoms with Crippen molar-refractivity contribution in [3.05, 3.63) is 81.3 Å². The van der Waals surface area contributed by atoms with E-state index in [9.17, 15) is 14.9 Å². The van der Waals surface area contributed by atoms with Crippen molar-refractivity contribution in [3.63, 3.8) is 0 Å². The molecule has 3 rings (SSSR count). The maximum atomic E-state index is 12.2. The second-order valence-corrected chi connectivity index (χ2v) is 6.10. The second-order valence-electron chi connectivity index (χ2n) is 5.07. The Morgan fingerprint density at radius 1 is 1.19 bits per heavy atom. The predicted molar refractivity (Wildman–Crippen MR) is 104 cm³/mol. The third-order valence-corrected chi connectivity index (χ3v) is 4.16. The zero-order valence-electron chi connectivity index (χ0n) is 14.1. The first-order chi connectivity index (χ1) is 12.5. The highest BCUT2D eigenvalue weighted by Crippen LogP contribution is 2.25.